The summed E-state index contributed by atoms with van der Waals surface area (Å²) in [6.45, 7) is 3.63. The van der Waals surface area contributed by atoms with Crippen molar-refractivity contribution in [3.63, 3.8) is 0 Å². The van der Waals surface area contributed by atoms with E-state index in [1.807, 2.05) is 49.4 Å². The maximum Gasteiger partial charge on any atom is 0.310 e. The topological polar surface area (TPSA) is 111 Å². The summed E-state index contributed by atoms with van der Waals surface area (Å²) in [5.41, 5.74) is 2.66. The van der Waals surface area contributed by atoms with Crippen molar-refractivity contribution in [3.8, 4) is 10.6 Å². The quantitative estimate of drug-likeness (QED) is 0.180. The zero-order valence-electron chi connectivity index (χ0n) is 18.8. The van der Waals surface area contributed by atoms with E-state index in [0.29, 0.717) is 5.69 Å². The molecule has 1 amide bonds. The number of nitro groups is 1. The Labute approximate surface area is 209 Å². The molecule has 0 radical (unpaired) electrons. The molecule has 0 saturated heterocycles. The average Bonchev–Trinajstić information content (AvgIpc) is 3.24. The monoisotopic (exact) mass is 509 g/mol. The fraction of sp³-hybridized carbons (Fsp3) is 0.160. The highest BCUT2D eigenvalue weighted by molar-refractivity contribution is 7.21. The largest absolute Gasteiger partial charge is 0.466 e. The zero-order chi connectivity index (χ0) is 25.1. The summed E-state index contributed by atoms with van der Waals surface area (Å²) in [4.78, 5) is 40.5. The molecule has 0 fully saturated rings. The number of hydrogen-bond donors (Lipinski definition) is 1. The number of ether oxygens (including phenoxy) is 1. The third-order valence-electron chi connectivity index (χ3n) is 5.28. The number of hydrogen-bond acceptors (Lipinski definition) is 7. The minimum atomic E-state index is -0.652. The van der Waals surface area contributed by atoms with E-state index in [2.05, 4.69) is 10.3 Å². The van der Waals surface area contributed by atoms with E-state index in [9.17, 15) is 19.7 Å². The second kappa shape index (κ2) is 10.2. The van der Waals surface area contributed by atoms with Crippen molar-refractivity contribution in [2.24, 2.45) is 0 Å². The average molecular weight is 510 g/mol. The molecule has 0 atom stereocenters. The zero-order valence-corrected chi connectivity index (χ0v) is 20.4. The molecular weight excluding hydrogens is 490 g/mol. The summed E-state index contributed by atoms with van der Waals surface area (Å²) in [5, 5.41) is 15.2. The molecule has 0 bridgehead atoms. The number of para-hydroxylation sites is 1. The van der Waals surface area contributed by atoms with Gasteiger partial charge in [-0.15, -0.1) is 11.3 Å². The maximum absolute atomic E-state index is 13.1. The van der Waals surface area contributed by atoms with Gasteiger partial charge in [0.25, 0.3) is 11.6 Å². The van der Waals surface area contributed by atoms with E-state index in [0.717, 1.165) is 32.4 Å². The van der Waals surface area contributed by atoms with Crippen LogP contribution in [0.5, 0.6) is 0 Å². The number of carbonyl (C=O) groups is 2. The third-order valence-corrected chi connectivity index (χ3v) is 6.67. The van der Waals surface area contributed by atoms with E-state index < -0.39 is 16.8 Å². The van der Waals surface area contributed by atoms with E-state index in [4.69, 9.17) is 16.3 Å². The van der Waals surface area contributed by atoms with E-state index in [-0.39, 0.29) is 34.9 Å². The van der Waals surface area contributed by atoms with Crippen LogP contribution in [0.25, 0.3) is 20.8 Å². The summed E-state index contributed by atoms with van der Waals surface area (Å²) in [7, 11) is 0. The highest BCUT2D eigenvalue weighted by Crippen LogP contribution is 2.33. The number of fused-ring (bicyclic) bond motifs is 1. The number of carbonyl (C=O) groups excluding carboxylic acids is 2. The van der Waals surface area contributed by atoms with Crippen molar-refractivity contribution in [2.75, 3.05) is 11.9 Å². The number of thiazole rings is 1. The lowest BCUT2D eigenvalue weighted by atomic mass is 10.0. The Balaban J connectivity index is 1.64. The van der Waals surface area contributed by atoms with Crippen LogP contribution in [-0.2, 0) is 16.0 Å². The Morgan fingerprint density at radius 1 is 1.17 bits per heavy atom. The first-order valence-corrected chi connectivity index (χ1v) is 11.9. The predicted molar refractivity (Wildman–Crippen MR) is 136 cm³/mol. The predicted octanol–water partition coefficient (Wildman–Crippen LogP) is 6.19. The first-order valence-electron chi connectivity index (χ1n) is 10.7. The molecule has 8 nitrogen and oxygen atoms in total. The van der Waals surface area contributed by atoms with Gasteiger partial charge in [-0.2, -0.15) is 0 Å². The number of anilines is 1. The van der Waals surface area contributed by atoms with Gasteiger partial charge in [-0.25, -0.2) is 4.98 Å². The number of aryl methyl sites for hydroxylation is 1. The second-order valence-corrected chi connectivity index (χ2v) is 9.11. The molecular formula is C25H20ClN3O5S. The van der Waals surface area contributed by atoms with Crippen LogP contribution >= 0.6 is 22.9 Å². The molecule has 1 N–H and O–H groups in total. The summed E-state index contributed by atoms with van der Waals surface area (Å²) in [5.74, 6) is -1.23. The number of amides is 1. The molecule has 0 aliphatic rings. The molecule has 0 aliphatic heterocycles. The Hall–Kier alpha value is -3.82. The van der Waals surface area contributed by atoms with Crippen LogP contribution in [0.3, 0.4) is 0 Å². The molecule has 0 saturated carbocycles. The van der Waals surface area contributed by atoms with Gasteiger partial charge < -0.3 is 10.1 Å². The summed E-state index contributed by atoms with van der Waals surface area (Å²) in [6.07, 6.45) is -0.324. The number of rotatable bonds is 7. The molecule has 0 spiro atoms. The van der Waals surface area contributed by atoms with E-state index >= 15 is 0 Å². The minimum Gasteiger partial charge on any atom is -0.466 e. The van der Waals surface area contributed by atoms with Gasteiger partial charge >= 0.3 is 5.97 Å². The summed E-state index contributed by atoms with van der Waals surface area (Å²) in [6, 6.07) is 15.7. The molecule has 1 aromatic heterocycles. The molecule has 0 aliphatic carbocycles. The van der Waals surface area contributed by atoms with Crippen molar-refractivity contribution in [1.82, 2.24) is 4.98 Å². The molecule has 1 heterocycles. The van der Waals surface area contributed by atoms with Crippen LogP contribution in [0.4, 0.5) is 11.4 Å². The van der Waals surface area contributed by atoms with Crippen LogP contribution in [0.2, 0.25) is 5.02 Å². The van der Waals surface area contributed by atoms with Crippen LogP contribution < -0.4 is 5.32 Å². The van der Waals surface area contributed by atoms with Gasteiger partial charge in [0.1, 0.15) is 5.01 Å². The van der Waals surface area contributed by atoms with Crippen LogP contribution in [-0.4, -0.2) is 28.4 Å². The van der Waals surface area contributed by atoms with Gasteiger partial charge in [-0.3, -0.25) is 19.7 Å². The van der Waals surface area contributed by atoms with Crippen molar-refractivity contribution >= 4 is 56.4 Å². The van der Waals surface area contributed by atoms with E-state index in [1.165, 1.54) is 17.4 Å². The van der Waals surface area contributed by atoms with Gasteiger partial charge in [0.15, 0.2) is 0 Å². The van der Waals surface area contributed by atoms with Gasteiger partial charge in [0.05, 0.1) is 38.8 Å². The number of nitrogens with zero attached hydrogens (tertiary/aromatic N) is 2. The number of esters is 1. The SMILES string of the molecule is CCOC(=O)Cc1cc(Cl)c(C(=O)Nc2cc(-c3nc4ccccc4s3)ccc2C)cc1[N+](=O)[O-]. The standard InChI is InChI=1S/C25H20ClN3O5S/c1-3-34-23(30)12-16-10-18(26)17(13-21(16)29(32)33)24(31)27-20-11-15(9-8-14(20)2)25-28-19-6-4-5-7-22(19)35-25/h4-11,13H,3,12H2,1-2H3,(H,27,31). The van der Waals surface area contributed by atoms with Crippen molar-refractivity contribution < 1.29 is 19.2 Å². The lowest BCUT2D eigenvalue weighted by molar-refractivity contribution is -0.385. The minimum absolute atomic E-state index is 0.00706. The van der Waals surface area contributed by atoms with Gasteiger partial charge in [0.2, 0.25) is 0 Å². The van der Waals surface area contributed by atoms with Crippen molar-refractivity contribution in [1.29, 1.82) is 0 Å². The van der Waals surface area contributed by atoms with Crippen LogP contribution in [0.1, 0.15) is 28.4 Å². The number of nitrogens with one attached hydrogen (secondary N) is 1. The fourth-order valence-electron chi connectivity index (χ4n) is 3.53. The lowest BCUT2D eigenvalue weighted by Gasteiger charge is -2.12. The molecule has 178 valence electrons. The Morgan fingerprint density at radius 3 is 2.66 bits per heavy atom. The van der Waals surface area contributed by atoms with Crippen molar-refractivity contribution in [3.05, 3.63) is 86.4 Å². The van der Waals surface area contributed by atoms with Gasteiger partial charge in [-0.05, 0) is 43.7 Å². The highest BCUT2D eigenvalue weighted by Gasteiger charge is 2.23. The fourth-order valence-corrected chi connectivity index (χ4v) is 4.77. The number of halogens is 1. The maximum atomic E-state index is 13.1. The van der Waals surface area contributed by atoms with Crippen LogP contribution in [0, 0.1) is 17.0 Å². The second-order valence-electron chi connectivity index (χ2n) is 7.67. The number of benzene rings is 3. The highest BCUT2D eigenvalue weighted by atomic mass is 35.5. The lowest BCUT2D eigenvalue weighted by Crippen LogP contribution is -2.15. The number of aromatic nitrogens is 1. The number of nitro benzene ring substituents is 1. The van der Waals surface area contributed by atoms with Crippen molar-refractivity contribution in [2.45, 2.75) is 20.3 Å². The Kier molecular flexibility index (Phi) is 7.09. The van der Waals surface area contributed by atoms with Gasteiger partial charge in [-0.1, -0.05) is 35.9 Å². The molecule has 4 aromatic rings. The summed E-state index contributed by atoms with van der Waals surface area (Å²) >= 11 is 7.84. The molecule has 0 unspecified atom stereocenters. The molecule has 4 rings (SSSR count). The van der Waals surface area contributed by atoms with E-state index in [1.54, 1.807) is 6.92 Å². The molecule has 10 heteroatoms. The molecule has 35 heavy (non-hydrogen) atoms. The summed E-state index contributed by atoms with van der Waals surface area (Å²) < 4.78 is 5.92. The first kappa shape index (κ1) is 24.3. The normalized spacial score (nSPS) is 10.8. The first-order chi connectivity index (χ1) is 16.8. The Bertz CT molecular complexity index is 1430. The third kappa shape index (κ3) is 5.31. The van der Waals surface area contributed by atoms with Crippen LogP contribution in [0.15, 0.2) is 54.6 Å². The van der Waals surface area contributed by atoms with Gasteiger partial charge in [0, 0.05) is 22.9 Å². The Morgan fingerprint density at radius 2 is 1.94 bits per heavy atom. The smallest absolute Gasteiger partial charge is 0.310 e. The molecule has 3 aromatic carbocycles.